The maximum absolute atomic E-state index is 12.3. The Labute approximate surface area is 223 Å². The van der Waals surface area contributed by atoms with E-state index in [1.54, 1.807) is 48.5 Å². The molecule has 38 heavy (non-hydrogen) atoms. The number of carbonyl (C=O) groups excluding carboxylic acids is 4. The third-order valence-corrected chi connectivity index (χ3v) is 7.49. The summed E-state index contributed by atoms with van der Waals surface area (Å²) in [4.78, 5) is 52.0. The normalized spacial score (nSPS) is 14.4. The van der Waals surface area contributed by atoms with Crippen LogP contribution in [0.1, 0.15) is 92.8 Å². The molecule has 0 fully saturated rings. The molecule has 2 aromatic rings. The largest absolute Gasteiger partial charge is 0.697 e. The average molecular weight is 540 g/mol. The van der Waals surface area contributed by atoms with E-state index in [0.29, 0.717) is 74.2 Å². The summed E-state index contributed by atoms with van der Waals surface area (Å²) < 4.78 is 22.3. The van der Waals surface area contributed by atoms with Crippen LogP contribution in [-0.2, 0) is 13.6 Å². The number of imide groups is 2. The second-order valence-corrected chi connectivity index (χ2v) is 10.3. The molecule has 10 heteroatoms. The van der Waals surface area contributed by atoms with Gasteiger partial charge in [0.2, 0.25) is 0 Å². The second-order valence-electron chi connectivity index (χ2n) is 9.33. The van der Waals surface area contributed by atoms with Gasteiger partial charge in [-0.2, -0.15) is 0 Å². The number of benzene rings is 2. The first-order chi connectivity index (χ1) is 18.5. The third-order valence-electron chi connectivity index (χ3n) is 6.70. The van der Waals surface area contributed by atoms with Gasteiger partial charge in [0, 0.05) is 17.7 Å². The molecule has 0 unspecified atom stereocenters. The highest BCUT2D eigenvalue weighted by Gasteiger charge is 2.35. The Morgan fingerprint density at radius 1 is 0.500 bits per heavy atom. The Hall–Kier alpha value is -3.26. The molecule has 0 radical (unpaired) electrons. The Bertz CT molecular complexity index is 1050. The Kier molecular flexibility index (Phi) is 9.87. The van der Waals surface area contributed by atoms with Crippen molar-refractivity contribution in [3.8, 4) is 0 Å². The van der Waals surface area contributed by atoms with E-state index in [4.69, 9.17) is 9.05 Å². The zero-order valence-electron chi connectivity index (χ0n) is 21.3. The van der Waals surface area contributed by atoms with E-state index >= 15 is 0 Å². The summed E-state index contributed by atoms with van der Waals surface area (Å²) in [5.74, 6) is -0.923. The van der Waals surface area contributed by atoms with Crippen LogP contribution in [-0.4, -0.2) is 59.7 Å². The van der Waals surface area contributed by atoms with Crippen LogP contribution in [0.15, 0.2) is 48.5 Å². The molecule has 0 bridgehead atoms. The van der Waals surface area contributed by atoms with Gasteiger partial charge in [0.1, 0.15) is 13.2 Å². The number of hydrogen-bond acceptors (Lipinski definition) is 7. The van der Waals surface area contributed by atoms with Crippen LogP contribution in [0.25, 0.3) is 0 Å². The SMILES string of the molecule is O=C1c2ccccc2C(=O)N1CCCCCCO[P+](=O)OCCCCCCN1C(=O)c2ccccc2C1=O. The zero-order chi connectivity index (χ0) is 26.9. The van der Waals surface area contributed by atoms with Gasteiger partial charge in [-0.15, -0.1) is 9.05 Å². The summed E-state index contributed by atoms with van der Waals surface area (Å²) in [5, 5.41) is 0. The van der Waals surface area contributed by atoms with E-state index < -0.39 is 8.25 Å². The first-order valence-electron chi connectivity index (χ1n) is 13.1. The number of rotatable bonds is 16. The van der Waals surface area contributed by atoms with Crippen molar-refractivity contribution in [3.63, 3.8) is 0 Å². The average Bonchev–Trinajstić information content (AvgIpc) is 3.32. The first-order valence-corrected chi connectivity index (χ1v) is 14.2. The molecule has 2 aromatic carbocycles. The molecule has 9 nitrogen and oxygen atoms in total. The zero-order valence-corrected chi connectivity index (χ0v) is 22.2. The fourth-order valence-electron chi connectivity index (χ4n) is 4.65. The van der Waals surface area contributed by atoms with Gasteiger partial charge in [-0.1, -0.05) is 49.9 Å². The lowest BCUT2D eigenvalue weighted by Gasteiger charge is -2.13. The molecule has 0 saturated heterocycles. The van der Waals surface area contributed by atoms with Crippen molar-refractivity contribution in [2.24, 2.45) is 0 Å². The highest BCUT2D eigenvalue weighted by Crippen LogP contribution is 2.26. The lowest BCUT2D eigenvalue weighted by atomic mass is 10.1. The molecular weight excluding hydrogens is 507 g/mol. The summed E-state index contributed by atoms with van der Waals surface area (Å²) in [6.45, 7) is 1.43. The van der Waals surface area contributed by atoms with Gasteiger partial charge < -0.3 is 0 Å². The van der Waals surface area contributed by atoms with Crippen molar-refractivity contribution in [1.82, 2.24) is 9.80 Å². The predicted molar refractivity (Wildman–Crippen MR) is 140 cm³/mol. The van der Waals surface area contributed by atoms with Crippen LogP contribution >= 0.6 is 8.25 Å². The molecule has 0 aliphatic carbocycles. The smallest absolute Gasteiger partial charge is 0.274 e. The minimum Gasteiger partial charge on any atom is -0.274 e. The van der Waals surface area contributed by atoms with Crippen LogP contribution in [0.5, 0.6) is 0 Å². The number of carbonyl (C=O) groups is 4. The Balaban J connectivity index is 0.970. The van der Waals surface area contributed by atoms with Crippen molar-refractivity contribution >= 4 is 31.9 Å². The molecule has 0 aromatic heterocycles. The third kappa shape index (κ3) is 6.59. The van der Waals surface area contributed by atoms with Gasteiger partial charge in [0.25, 0.3) is 23.6 Å². The maximum atomic E-state index is 12.3. The van der Waals surface area contributed by atoms with Crippen LogP contribution in [0.2, 0.25) is 0 Å². The first kappa shape index (κ1) is 27.8. The molecule has 4 rings (SSSR count). The maximum Gasteiger partial charge on any atom is 0.697 e. The number of hydrogen-bond donors (Lipinski definition) is 0. The lowest BCUT2D eigenvalue weighted by Crippen LogP contribution is -2.30. The van der Waals surface area contributed by atoms with E-state index in [1.807, 2.05) is 0 Å². The van der Waals surface area contributed by atoms with Gasteiger partial charge in [-0.25, -0.2) is 0 Å². The van der Waals surface area contributed by atoms with Gasteiger partial charge in [-0.05, 0) is 49.9 Å². The topological polar surface area (TPSA) is 110 Å². The fourth-order valence-corrected chi connectivity index (χ4v) is 5.28. The molecule has 0 N–H and O–H groups in total. The molecule has 2 aliphatic rings. The van der Waals surface area contributed by atoms with Crippen molar-refractivity contribution in [2.45, 2.75) is 51.4 Å². The molecule has 4 amide bonds. The minimum absolute atomic E-state index is 0.231. The number of amides is 4. The number of unbranched alkanes of at least 4 members (excludes halogenated alkanes) is 6. The monoisotopic (exact) mass is 539 g/mol. The summed E-state index contributed by atoms with van der Waals surface area (Å²) >= 11 is 0. The van der Waals surface area contributed by atoms with Gasteiger partial charge in [-0.3, -0.25) is 29.0 Å². The number of fused-ring (bicyclic) bond motifs is 2. The highest BCUT2D eigenvalue weighted by atomic mass is 31.1. The van der Waals surface area contributed by atoms with E-state index in [-0.39, 0.29) is 23.6 Å². The Morgan fingerprint density at radius 2 is 0.816 bits per heavy atom. The number of nitrogens with zero attached hydrogens (tertiary/aromatic N) is 2. The predicted octanol–water partition coefficient (Wildman–Crippen LogP) is 5.39. The van der Waals surface area contributed by atoms with E-state index in [0.717, 1.165) is 25.7 Å². The summed E-state index contributed by atoms with van der Waals surface area (Å²) in [5.41, 5.74) is 1.87. The van der Waals surface area contributed by atoms with Crippen LogP contribution in [0, 0.1) is 0 Å². The van der Waals surface area contributed by atoms with Crippen molar-refractivity contribution in [3.05, 3.63) is 70.8 Å². The van der Waals surface area contributed by atoms with Crippen molar-refractivity contribution < 1.29 is 32.8 Å². The summed E-state index contributed by atoms with van der Waals surface area (Å²) in [6, 6.07) is 13.7. The molecular formula is C28H32N2O7P+. The van der Waals surface area contributed by atoms with E-state index in [1.165, 1.54) is 9.80 Å². The quantitative estimate of drug-likeness (QED) is 0.160. The van der Waals surface area contributed by atoms with Gasteiger partial charge in [0.05, 0.1) is 22.3 Å². The summed E-state index contributed by atoms with van der Waals surface area (Å²) in [7, 11) is -2.17. The van der Waals surface area contributed by atoms with E-state index in [2.05, 4.69) is 0 Å². The second kappa shape index (κ2) is 13.5. The minimum atomic E-state index is -2.17. The van der Waals surface area contributed by atoms with Crippen LogP contribution in [0.3, 0.4) is 0 Å². The van der Waals surface area contributed by atoms with E-state index in [9.17, 15) is 23.7 Å². The van der Waals surface area contributed by atoms with Crippen LogP contribution in [0.4, 0.5) is 0 Å². The molecule has 2 aliphatic heterocycles. The summed E-state index contributed by atoms with van der Waals surface area (Å²) in [6.07, 6.45) is 6.17. The molecule has 0 saturated carbocycles. The highest BCUT2D eigenvalue weighted by molar-refractivity contribution is 7.33. The Morgan fingerprint density at radius 3 is 1.16 bits per heavy atom. The lowest BCUT2D eigenvalue weighted by molar-refractivity contribution is 0.0636. The van der Waals surface area contributed by atoms with Crippen molar-refractivity contribution in [1.29, 1.82) is 0 Å². The molecule has 0 atom stereocenters. The molecule has 2 heterocycles. The standard InChI is InChI=1S/C28H32N2O7P/c31-25-21-13-5-6-14-22(21)26(32)29(25)17-9-1-3-11-19-36-38(35)37-20-12-4-2-10-18-30-27(33)23-15-7-8-16-24(23)28(30)34/h5-8,13-16H,1-4,9-12,17-20H2/q+1. The molecule has 0 spiro atoms. The van der Waals surface area contributed by atoms with Crippen LogP contribution < -0.4 is 0 Å². The van der Waals surface area contributed by atoms with Gasteiger partial charge >= 0.3 is 8.25 Å². The molecule has 200 valence electrons. The fraction of sp³-hybridized carbons (Fsp3) is 0.429. The van der Waals surface area contributed by atoms with Crippen molar-refractivity contribution in [2.75, 3.05) is 26.3 Å². The van der Waals surface area contributed by atoms with Gasteiger partial charge in [0.15, 0.2) is 0 Å².